The van der Waals surface area contributed by atoms with Gasteiger partial charge in [0.2, 0.25) is 0 Å². The minimum Gasteiger partial charge on any atom is -0.486 e. The molecule has 1 heterocycles. The van der Waals surface area contributed by atoms with Crippen molar-refractivity contribution in [3.63, 3.8) is 0 Å². The fourth-order valence-corrected chi connectivity index (χ4v) is 1.15. The van der Waals surface area contributed by atoms with Crippen LogP contribution in [0.5, 0.6) is 5.75 Å². The van der Waals surface area contributed by atoms with Gasteiger partial charge in [-0.3, -0.25) is 0 Å². The van der Waals surface area contributed by atoms with E-state index < -0.39 is 0 Å². The molecule has 0 radical (unpaired) electrons. The lowest BCUT2D eigenvalue weighted by Gasteiger charge is -2.26. The first-order valence-corrected chi connectivity index (χ1v) is 4.32. The van der Waals surface area contributed by atoms with Crippen molar-refractivity contribution in [1.82, 2.24) is 0 Å². The van der Waals surface area contributed by atoms with Crippen molar-refractivity contribution in [2.75, 3.05) is 13.2 Å². The van der Waals surface area contributed by atoms with Gasteiger partial charge in [0.05, 0.1) is 19.8 Å². The van der Waals surface area contributed by atoms with Crippen molar-refractivity contribution >= 4 is 0 Å². The van der Waals surface area contributed by atoms with Crippen LogP contribution in [0.1, 0.15) is 5.56 Å². The van der Waals surface area contributed by atoms with Crippen LogP contribution in [0.4, 0.5) is 0 Å². The smallest absolute Gasteiger partial charge is 0.145 e. The zero-order valence-electron chi connectivity index (χ0n) is 7.27. The Labute approximate surface area is 76.9 Å². The summed E-state index contributed by atoms with van der Waals surface area (Å²) in [5.41, 5.74) is 0.900. The van der Waals surface area contributed by atoms with Crippen molar-refractivity contribution < 1.29 is 14.6 Å². The number of hydrogen-bond acceptors (Lipinski definition) is 3. The highest BCUT2D eigenvalue weighted by Crippen LogP contribution is 2.16. The second-order valence-corrected chi connectivity index (χ2v) is 3.08. The van der Waals surface area contributed by atoms with E-state index in [2.05, 4.69) is 0 Å². The van der Waals surface area contributed by atoms with Crippen LogP contribution >= 0.6 is 0 Å². The summed E-state index contributed by atoms with van der Waals surface area (Å²) in [6.07, 6.45) is 0.208. The van der Waals surface area contributed by atoms with Crippen LogP contribution < -0.4 is 4.74 Å². The average molecular weight is 180 g/mol. The van der Waals surface area contributed by atoms with Crippen LogP contribution in [0.15, 0.2) is 24.3 Å². The fraction of sp³-hybridized carbons (Fsp3) is 0.400. The standard InChI is InChI=1S/C10H12O3/c11-5-8-1-3-9(4-2-8)13-10-6-12-7-10/h1-4,10-11H,5-7H2. The van der Waals surface area contributed by atoms with E-state index in [4.69, 9.17) is 14.6 Å². The molecule has 0 saturated carbocycles. The topological polar surface area (TPSA) is 38.7 Å². The Balaban J connectivity index is 1.96. The molecule has 0 aliphatic carbocycles. The molecule has 0 spiro atoms. The first kappa shape index (κ1) is 8.53. The minimum absolute atomic E-state index is 0.0762. The van der Waals surface area contributed by atoms with Crippen LogP contribution in [0.2, 0.25) is 0 Å². The molecule has 1 aliphatic rings. The first-order valence-electron chi connectivity index (χ1n) is 4.32. The van der Waals surface area contributed by atoms with E-state index in [9.17, 15) is 0 Å². The number of aliphatic hydroxyl groups excluding tert-OH is 1. The van der Waals surface area contributed by atoms with Crippen molar-refractivity contribution in [2.45, 2.75) is 12.7 Å². The molecule has 1 N–H and O–H groups in total. The van der Waals surface area contributed by atoms with E-state index in [0.29, 0.717) is 13.2 Å². The highest BCUT2D eigenvalue weighted by atomic mass is 16.6. The summed E-state index contributed by atoms with van der Waals surface area (Å²) >= 11 is 0. The van der Waals surface area contributed by atoms with Gasteiger partial charge in [-0.15, -0.1) is 0 Å². The number of hydrogen-bond donors (Lipinski definition) is 1. The summed E-state index contributed by atoms with van der Waals surface area (Å²) in [6.45, 7) is 1.44. The van der Waals surface area contributed by atoms with E-state index in [-0.39, 0.29) is 12.7 Å². The van der Waals surface area contributed by atoms with E-state index in [0.717, 1.165) is 11.3 Å². The third-order valence-corrected chi connectivity index (χ3v) is 2.02. The van der Waals surface area contributed by atoms with Gasteiger partial charge in [0.25, 0.3) is 0 Å². The van der Waals surface area contributed by atoms with Crippen LogP contribution in [0.3, 0.4) is 0 Å². The van der Waals surface area contributed by atoms with Gasteiger partial charge in [-0.1, -0.05) is 12.1 Å². The Morgan fingerprint density at radius 2 is 2.00 bits per heavy atom. The van der Waals surface area contributed by atoms with Crippen LogP contribution in [-0.2, 0) is 11.3 Å². The molecule has 13 heavy (non-hydrogen) atoms. The van der Waals surface area contributed by atoms with Crippen LogP contribution in [-0.4, -0.2) is 24.4 Å². The first-order chi connectivity index (χ1) is 6.38. The zero-order valence-corrected chi connectivity index (χ0v) is 7.27. The summed E-state index contributed by atoms with van der Waals surface area (Å²) < 4.78 is 10.5. The van der Waals surface area contributed by atoms with Gasteiger partial charge in [-0.05, 0) is 17.7 Å². The summed E-state index contributed by atoms with van der Waals surface area (Å²) in [4.78, 5) is 0. The van der Waals surface area contributed by atoms with E-state index in [1.165, 1.54) is 0 Å². The van der Waals surface area contributed by atoms with Gasteiger partial charge in [-0.25, -0.2) is 0 Å². The molecule has 1 aromatic rings. The molecule has 0 atom stereocenters. The fourth-order valence-electron chi connectivity index (χ4n) is 1.15. The minimum atomic E-state index is 0.0762. The summed E-state index contributed by atoms with van der Waals surface area (Å²) in [5, 5.41) is 8.81. The molecule has 1 aliphatic heterocycles. The maximum atomic E-state index is 8.81. The summed E-state index contributed by atoms with van der Waals surface area (Å²) in [7, 11) is 0. The Morgan fingerprint density at radius 3 is 2.46 bits per heavy atom. The molecule has 2 rings (SSSR count). The lowest BCUT2D eigenvalue weighted by Crippen LogP contribution is -2.38. The van der Waals surface area contributed by atoms with Gasteiger partial charge in [0.15, 0.2) is 0 Å². The third-order valence-electron chi connectivity index (χ3n) is 2.02. The Kier molecular flexibility index (Phi) is 2.47. The number of aliphatic hydroxyl groups is 1. The average Bonchev–Trinajstić information content (AvgIpc) is 2.12. The van der Waals surface area contributed by atoms with Crippen molar-refractivity contribution in [3.05, 3.63) is 29.8 Å². The summed E-state index contributed by atoms with van der Waals surface area (Å²) in [5.74, 6) is 0.838. The van der Waals surface area contributed by atoms with Crippen molar-refractivity contribution in [2.24, 2.45) is 0 Å². The highest BCUT2D eigenvalue weighted by Gasteiger charge is 2.19. The van der Waals surface area contributed by atoms with Gasteiger partial charge in [0.1, 0.15) is 11.9 Å². The van der Waals surface area contributed by atoms with E-state index in [1.807, 2.05) is 24.3 Å². The maximum absolute atomic E-state index is 8.81. The molecule has 1 fully saturated rings. The van der Waals surface area contributed by atoms with E-state index in [1.54, 1.807) is 0 Å². The van der Waals surface area contributed by atoms with Gasteiger partial charge >= 0.3 is 0 Å². The number of benzene rings is 1. The molecule has 0 bridgehead atoms. The molecule has 0 unspecified atom stereocenters. The number of ether oxygens (including phenoxy) is 2. The normalized spacial score (nSPS) is 16.7. The van der Waals surface area contributed by atoms with Crippen molar-refractivity contribution in [3.8, 4) is 5.75 Å². The second kappa shape index (κ2) is 3.77. The van der Waals surface area contributed by atoms with Gasteiger partial charge in [0, 0.05) is 0 Å². The maximum Gasteiger partial charge on any atom is 0.145 e. The molecule has 1 saturated heterocycles. The molecule has 0 aromatic heterocycles. The molecule has 1 aromatic carbocycles. The molecule has 70 valence electrons. The Hall–Kier alpha value is -1.06. The Morgan fingerprint density at radius 1 is 1.31 bits per heavy atom. The van der Waals surface area contributed by atoms with Crippen LogP contribution in [0.25, 0.3) is 0 Å². The largest absolute Gasteiger partial charge is 0.486 e. The zero-order chi connectivity index (χ0) is 9.10. The lowest BCUT2D eigenvalue weighted by atomic mass is 10.2. The molecular formula is C10H12O3. The molecular weight excluding hydrogens is 168 g/mol. The van der Waals surface area contributed by atoms with Gasteiger partial charge < -0.3 is 14.6 Å². The predicted octanol–water partition coefficient (Wildman–Crippen LogP) is 0.957. The third kappa shape index (κ3) is 1.99. The molecule has 3 heteroatoms. The van der Waals surface area contributed by atoms with Crippen molar-refractivity contribution in [1.29, 1.82) is 0 Å². The number of rotatable bonds is 3. The van der Waals surface area contributed by atoms with Crippen LogP contribution in [0, 0.1) is 0 Å². The Bertz CT molecular complexity index is 264. The quantitative estimate of drug-likeness (QED) is 0.752. The lowest BCUT2D eigenvalue weighted by molar-refractivity contribution is -0.0796. The van der Waals surface area contributed by atoms with Gasteiger partial charge in [-0.2, -0.15) is 0 Å². The monoisotopic (exact) mass is 180 g/mol. The summed E-state index contributed by atoms with van der Waals surface area (Å²) in [6, 6.07) is 7.44. The SMILES string of the molecule is OCc1ccc(OC2COC2)cc1. The molecule has 0 amide bonds. The predicted molar refractivity (Wildman–Crippen MR) is 47.6 cm³/mol. The van der Waals surface area contributed by atoms with E-state index >= 15 is 0 Å². The highest BCUT2D eigenvalue weighted by molar-refractivity contribution is 5.27. The molecule has 3 nitrogen and oxygen atoms in total. The second-order valence-electron chi connectivity index (χ2n) is 3.08.